The standard InChI is InChI=1S/C18H20BrClN6O/c19-15-14(10-3-5-11(20)6-4-10)25-18-17(24-12-2-1-7-22-8-12)23-9-13(16(21)27)26(15)18/h3-6,9,12,14-15,22H,1-2,7-8H2,(H2,21,27)(H,23,24)/t12-,14?,15?/m1/s1. The molecule has 4 N–H and O–H groups in total. The number of fused-ring (bicyclic) bond motifs is 1. The Morgan fingerprint density at radius 2 is 2.15 bits per heavy atom. The number of carbonyl (C=O) groups is 1. The van der Waals surface area contributed by atoms with Gasteiger partial charge in [-0.15, -0.1) is 0 Å². The van der Waals surface area contributed by atoms with E-state index in [-0.39, 0.29) is 17.0 Å². The summed E-state index contributed by atoms with van der Waals surface area (Å²) in [5.74, 6) is 0.767. The number of amidine groups is 2. The van der Waals surface area contributed by atoms with Crippen LogP contribution in [0.5, 0.6) is 0 Å². The highest BCUT2D eigenvalue weighted by atomic mass is 79.9. The molecule has 1 saturated heterocycles. The van der Waals surface area contributed by atoms with E-state index < -0.39 is 5.91 Å². The van der Waals surface area contributed by atoms with Crippen LogP contribution < -0.4 is 16.4 Å². The van der Waals surface area contributed by atoms with Crippen molar-refractivity contribution in [3.8, 4) is 0 Å². The van der Waals surface area contributed by atoms with Gasteiger partial charge in [0, 0.05) is 17.8 Å². The molecule has 9 heteroatoms. The van der Waals surface area contributed by atoms with Crippen LogP contribution in [0, 0.1) is 0 Å². The van der Waals surface area contributed by atoms with Gasteiger partial charge in [-0.1, -0.05) is 39.7 Å². The number of halogens is 2. The summed E-state index contributed by atoms with van der Waals surface area (Å²) in [5, 5.41) is 7.14. The quantitative estimate of drug-likeness (QED) is 0.483. The smallest absolute Gasteiger partial charge is 0.266 e. The molecule has 27 heavy (non-hydrogen) atoms. The number of hydrogen-bond acceptors (Lipinski definition) is 5. The van der Waals surface area contributed by atoms with Gasteiger partial charge in [0.05, 0.1) is 6.04 Å². The van der Waals surface area contributed by atoms with E-state index in [0.29, 0.717) is 22.4 Å². The Balaban J connectivity index is 1.71. The van der Waals surface area contributed by atoms with Gasteiger partial charge in [0.1, 0.15) is 16.7 Å². The fourth-order valence-corrected chi connectivity index (χ4v) is 4.47. The maximum absolute atomic E-state index is 12.0. The molecular formula is C18H20BrClN6O. The Morgan fingerprint density at radius 3 is 2.81 bits per heavy atom. The second-order valence-corrected chi connectivity index (χ2v) is 8.08. The van der Waals surface area contributed by atoms with Crippen LogP contribution in [-0.4, -0.2) is 46.6 Å². The Labute approximate surface area is 170 Å². The van der Waals surface area contributed by atoms with E-state index in [2.05, 4.69) is 26.6 Å². The van der Waals surface area contributed by atoms with Crippen molar-refractivity contribution in [3.05, 3.63) is 46.7 Å². The molecule has 0 saturated carbocycles. The van der Waals surface area contributed by atoms with Crippen LogP contribution in [0.25, 0.3) is 0 Å². The molecule has 0 spiro atoms. The Kier molecular flexibility index (Phi) is 5.21. The normalized spacial score (nSPS) is 29.0. The summed E-state index contributed by atoms with van der Waals surface area (Å²) in [6.07, 6.45) is 3.72. The maximum atomic E-state index is 12.0. The molecule has 1 aromatic rings. The molecule has 3 heterocycles. The van der Waals surface area contributed by atoms with E-state index >= 15 is 0 Å². The minimum atomic E-state index is -0.519. The first-order chi connectivity index (χ1) is 13.0. The molecule has 7 nitrogen and oxygen atoms in total. The number of piperidine rings is 1. The van der Waals surface area contributed by atoms with E-state index in [0.717, 1.165) is 31.5 Å². The molecule has 0 radical (unpaired) electrons. The van der Waals surface area contributed by atoms with Crippen LogP contribution in [0.15, 0.2) is 46.1 Å². The van der Waals surface area contributed by atoms with Crippen LogP contribution in [0.3, 0.4) is 0 Å². The van der Waals surface area contributed by atoms with Crippen molar-refractivity contribution in [2.45, 2.75) is 29.9 Å². The lowest BCUT2D eigenvalue weighted by atomic mass is 10.1. The molecule has 3 aliphatic heterocycles. The molecule has 1 amide bonds. The average molecular weight is 452 g/mol. The molecular weight excluding hydrogens is 432 g/mol. The van der Waals surface area contributed by atoms with Crippen LogP contribution in [0.2, 0.25) is 5.02 Å². The first-order valence-electron chi connectivity index (χ1n) is 8.86. The van der Waals surface area contributed by atoms with Crippen molar-refractivity contribution < 1.29 is 4.79 Å². The van der Waals surface area contributed by atoms with Crippen molar-refractivity contribution in [1.82, 2.24) is 15.5 Å². The van der Waals surface area contributed by atoms with Gasteiger partial charge in [-0.25, -0.2) is 0 Å². The SMILES string of the molecule is NC(=O)C1=CNC(=N[C@@H]2CCCNC2)C2=NC(c3ccc(Cl)cc3)C(Br)N12. The van der Waals surface area contributed by atoms with Gasteiger partial charge >= 0.3 is 0 Å². The van der Waals surface area contributed by atoms with E-state index in [4.69, 9.17) is 27.3 Å². The number of nitrogens with zero attached hydrogens (tertiary/aromatic N) is 3. The van der Waals surface area contributed by atoms with Gasteiger partial charge in [-0.2, -0.15) is 0 Å². The third-order valence-electron chi connectivity index (χ3n) is 4.86. The zero-order chi connectivity index (χ0) is 19.0. The summed E-state index contributed by atoms with van der Waals surface area (Å²) in [7, 11) is 0. The lowest BCUT2D eigenvalue weighted by Crippen LogP contribution is -2.49. The third-order valence-corrected chi connectivity index (χ3v) is 6.02. The molecule has 4 rings (SSSR count). The number of aliphatic imine (C=N–C) groups is 2. The number of primary amides is 1. The van der Waals surface area contributed by atoms with Crippen molar-refractivity contribution in [1.29, 1.82) is 0 Å². The Hall–Kier alpha value is -1.90. The highest BCUT2D eigenvalue weighted by Crippen LogP contribution is 2.38. The predicted octanol–water partition coefficient (Wildman–Crippen LogP) is 1.90. The number of benzene rings is 1. The molecule has 0 aromatic heterocycles. The highest BCUT2D eigenvalue weighted by Gasteiger charge is 2.42. The van der Waals surface area contributed by atoms with Gasteiger partial charge < -0.3 is 21.3 Å². The second-order valence-electron chi connectivity index (χ2n) is 6.71. The van der Waals surface area contributed by atoms with Crippen molar-refractivity contribution in [3.63, 3.8) is 0 Å². The van der Waals surface area contributed by atoms with Gasteiger partial charge in [-0.05, 0) is 37.1 Å². The highest BCUT2D eigenvalue weighted by molar-refractivity contribution is 9.09. The zero-order valence-corrected chi connectivity index (χ0v) is 16.9. The molecule has 0 aliphatic carbocycles. The van der Waals surface area contributed by atoms with Crippen molar-refractivity contribution in [2.24, 2.45) is 15.7 Å². The van der Waals surface area contributed by atoms with Crippen LogP contribution in [-0.2, 0) is 4.79 Å². The number of amides is 1. The Morgan fingerprint density at radius 1 is 1.37 bits per heavy atom. The van der Waals surface area contributed by atoms with Gasteiger partial charge in [-0.3, -0.25) is 14.8 Å². The molecule has 3 atom stereocenters. The Bertz CT molecular complexity index is 831. The summed E-state index contributed by atoms with van der Waals surface area (Å²) in [5.41, 5.74) is 6.93. The first kappa shape index (κ1) is 18.5. The van der Waals surface area contributed by atoms with Crippen LogP contribution in [0.1, 0.15) is 24.4 Å². The summed E-state index contributed by atoms with van der Waals surface area (Å²) in [6.45, 7) is 1.86. The summed E-state index contributed by atoms with van der Waals surface area (Å²) in [6, 6.07) is 7.51. The van der Waals surface area contributed by atoms with E-state index in [1.165, 1.54) is 0 Å². The third kappa shape index (κ3) is 3.61. The van der Waals surface area contributed by atoms with Crippen molar-refractivity contribution >= 4 is 45.1 Å². The van der Waals surface area contributed by atoms with Crippen LogP contribution in [0.4, 0.5) is 0 Å². The fourth-order valence-electron chi connectivity index (χ4n) is 3.51. The summed E-state index contributed by atoms with van der Waals surface area (Å²) >= 11 is 9.71. The van der Waals surface area contributed by atoms with Crippen molar-refractivity contribution in [2.75, 3.05) is 13.1 Å². The predicted molar refractivity (Wildman–Crippen MR) is 110 cm³/mol. The minimum Gasteiger partial charge on any atom is -0.364 e. The van der Waals surface area contributed by atoms with E-state index in [9.17, 15) is 4.79 Å². The fraction of sp³-hybridized carbons (Fsp3) is 0.389. The van der Waals surface area contributed by atoms with Crippen LogP contribution >= 0.6 is 27.5 Å². The molecule has 2 unspecified atom stereocenters. The topological polar surface area (TPSA) is 95.1 Å². The molecule has 1 aromatic carbocycles. The summed E-state index contributed by atoms with van der Waals surface area (Å²) < 4.78 is 0. The number of alkyl halides is 1. The number of carbonyl (C=O) groups excluding carboxylic acids is 1. The first-order valence-corrected chi connectivity index (χ1v) is 10.2. The lowest BCUT2D eigenvalue weighted by molar-refractivity contribution is -0.115. The second kappa shape index (κ2) is 7.61. The number of nitrogens with one attached hydrogen (secondary N) is 2. The van der Waals surface area contributed by atoms with E-state index in [1.807, 2.05) is 29.2 Å². The maximum Gasteiger partial charge on any atom is 0.266 e. The van der Waals surface area contributed by atoms with Gasteiger partial charge in [0.2, 0.25) is 0 Å². The minimum absolute atomic E-state index is 0.178. The number of nitrogens with two attached hydrogens (primary N) is 1. The molecule has 3 aliphatic rings. The molecule has 142 valence electrons. The largest absolute Gasteiger partial charge is 0.364 e. The van der Waals surface area contributed by atoms with Gasteiger partial charge in [0.15, 0.2) is 11.7 Å². The number of rotatable bonds is 3. The van der Waals surface area contributed by atoms with Gasteiger partial charge in [0.25, 0.3) is 5.91 Å². The molecule has 0 bridgehead atoms. The average Bonchev–Trinajstić information content (AvgIpc) is 3.01. The lowest BCUT2D eigenvalue weighted by Gasteiger charge is -2.31. The number of hydrogen-bond donors (Lipinski definition) is 3. The molecule has 1 fully saturated rings. The summed E-state index contributed by atoms with van der Waals surface area (Å²) in [4.78, 5) is 23.2. The monoisotopic (exact) mass is 450 g/mol. The van der Waals surface area contributed by atoms with E-state index in [1.54, 1.807) is 6.20 Å². The zero-order valence-electron chi connectivity index (χ0n) is 14.5.